The first-order valence-corrected chi connectivity index (χ1v) is 8.92. The average Bonchev–Trinajstić information content (AvgIpc) is 3.13. The molecule has 4 N–H and O–H groups in total. The van der Waals surface area contributed by atoms with Crippen LogP contribution in [-0.4, -0.2) is 22.0 Å². The van der Waals surface area contributed by atoms with Crippen LogP contribution in [0.3, 0.4) is 0 Å². The highest BCUT2D eigenvalue weighted by Crippen LogP contribution is 2.28. The molecule has 0 aliphatic rings. The van der Waals surface area contributed by atoms with Crippen LogP contribution in [0, 0.1) is 5.82 Å². The van der Waals surface area contributed by atoms with E-state index in [0.29, 0.717) is 16.9 Å². The number of rotatable bonds is 5. The van der Waals surface area contributed by atoms with Crippen LogP contribution in [0.25, 0.3) is 22.2 Å². The Balaban J connectivity index is 1.58. The van der Waals surface area contributed by atoms with E-state index >= 15 is 0 Å². The van der Waals surface area contributed by atoms with Gasteiger partial charge in [-0.3, -0.25) is 14.7 Å². The lowest BCUT2D eigenvalue weighted by atomic mass is 10.0. The van der Waals surface area contributed by atoms with Crippen molar-refractivity contribution < 1.29 is 14.0 Å². The van der Waals surface area contributed by atoms with Crippen molar-refractivity contribution in [3.63, 3.8) is 0 Å². The van der Waals surface area contributed by atoms with Crippen molar-refractivity contribution >= 4 is 28.4 Å². The van der Waals surface area contributed by atoms with E-state index < -0.39 is 5.91 Å². The second-order valence-corrected chi connectivity index (χ2v) is 6.63. The number of aromatic amines is 1. The fourth-order valence-electron chi connectivity index (χ4n) is 3.12. The summed E-state index contributed by atoms with van der Waals surface area (Å²) in [7, 11) is 0. The lowest BCUT2D eigenvalue weighted by Crippen LogP contribution is -2.14. The van der Waals surface area contributed by atoms with Crippen LogP contribution < -0.4 is 11.1 Å². The largest absolute Gasteiger partial charge is 0.366 e. The van der Waals surface area contributed by atoms with Crippen molar-refractivity contribution in [1.29, 1.82) is 0 Å². The van der Waals surface area contributed by atoms with Crippen LogP contribution >= 0.6 is 0 Å². The minimum absolute atomic E-state index is 0.137. The van der Waals surface area contributed by atoms with Crippen LogP contribution in [0.2, 0.25) is 0 Å². The Morgan fingerprint density at radius 3 is 2.59 bits per heavy atom. The Labute approximate surface area is 165 Å². The van der Waals surface area contributed by atoms with Crippen LogP contribution in [0.15, 0.2) is 66.7 Å². The zero-order valence-corrected chi connectivity index (χ0v) is 15.3. The number of halogens is 1. The zero-order valence-electron chi connectivity index (χ0n) is 15.3. The molecule has 0 saturated heterocycles. The number of hydrogen-bond donors (Lipinski definition) is 3. The summed E-state index contributed by atoms with van der Waals surface area (Å²) < 4.78 is 13.0. The van der Waals surface area contributed by atoms with Gasteiger partial charge in [-0.1, -0.05) is 24.3 Å². The van der Waals surface area contributed by atoms with E-state index in [2.05, 4.69) is 15.5 Å². The molecule has 1 heterocycles. The molecule has 0 radical (unpaired) electrons. The van der Waals surface area contributed by atoms with E-state index in [1.165, 1.54) is 12.1 Å². The number of H-pyrrole nitrogens is 1. The molecular weight excluding hydrogens is 371 g/mol. The first-order chi connectivity index (χ1) is 14.0. The number of anilines is 1. The van der Waals surface area contributed by atoms with Crippen LogP contribution in [0.1, 0.15) is 15.9 Å². The SMILES string of the molecule is NC(=O)c1ccc2[nH]nc(-c3cccc(NC(=O)Cc4ccc(F)cc4)c3)c2c1. The number of nitrogens with two attached hydrogens (primary N) is 1. The summed E-state index contributed by atoms with van der Waals surface area (Å²) >= 11 is 0. The van der Waals surface area contributed by atoms with E-state index in [9.17, 15) is 14.0 Å². The molecule has 6 nitrogen and oxygen atoms in total. The summed E-state index contributed by atoms with van der Waals surface area (Å²) in [5.41, 5.74) is 9.30. The Bertz CT molecular complexity index is 1220. The molecule has 4 rings (SSSR count). The van der Waals surface area contributed by atoms with Crippen LogP contribution in [0.5, 0.6) is 0 Å². The van der Waals surface area contributed by atoms with Gasteiger partial charge in [0.15, 0.2) is 0 Å². The Kier molecular flexibility index (Phi) is 4.78. The smallest absolute Gasteiger partial charge is 0.248 e. The molecule has 0 bridgehead atoms. The number of carbonyl (C=O) groups excluding carboxylic acids is 2. The molecule has 4 aromatic rings. The molecular formula is C22H17FN4O2. The number of nitrogens with one attached hydrogen (secondary N) is 2. The van der Waals surface area contributed by atoms with Gasteiger partial charge in [-0.2, -0.15) is 5.10 Å². The highest BCUT2D eigenvalue weighted by molar-refractivity contribution is 6.01. The average molecular weight is 388 g/mol. The van der Waals surface area contributed by atoms with Crippen molar-refractivity contribution in [2.24, 2.45) is 5.73 Å². The maximum atomic E-state index is 13.0. The third-order valence-electron chi connectivity index (χ3n) is 4.55. The summed E-state index contributed by atoms with van der Waals surface area (Å²) in [6.07, 6.45) is 0.137. The van der Waals surface area contributed by atoms with Crippen molar-refractivity contribution in [3.05, 3.63) is 83.7 Å². The maximum absolute atomic E-state index is 13.0. The topological polar surface area (TPSA) is 101 Å². The molecule has 0 aliphatic carbocycles. The van der Waals surface area contributed by atoms with E-state index in [-0.39, 0.29) is 18.1 Å². The van der Waals surface area contributed by atoms with Gasteiger partial charge in [-0.05, 0) is 48.0 Å². The van der Waals surface area contributed by atoms with Gasteiger partial charge in [0.25, 0.3) is 0 Å². The number of amides is 2. The molecule has 7 heteroatoms. The molecule has 0 saturated carbocycles. The standard InChI is InChI=1S/C22H17FN4O2/c23-16-7-4-13(5-8-16)10-20(28)25-17-3-1-2-14(11-17)21-18-12-15(22(24)29)6-9-19(18)26-27-21/h1-9,11-12H,10H2,(H2,24,29)(H,25,28)(H,26,27). The lowest BCUT2D eigenvalue weighted by Gasteiger charge is -2.07. The monoisotopic (exact) mass is 388 g/mol. The van der Waals surface area contributed by atoms with Gasteiger partial charge in [0.2, 0.25) is 11.8 Å². The third-order valence-corrected chi connectivity index (χ3v) is 4.55. The number of fused-ring (bicyclic) bond motifs is 1. The Morgan fingerprint density at radius 2 is 1.83 bits per heavy atom. The van der Waals surface area contributed by atoms with E-state index in [1.54, 1.807) is 48.5 Å². The van der Waals surface area contributed by atoms with Gasteiger partial charge in [-0.25, -0.2) is 4.39 Å². The van der Waals surface area contributed by atoms with Gasteiger partial charge >= 0.3 is 0 Å². The molecule has 3 aromatic carbocycles. The van der Waals surface area contributed by atoms with E-state index in [1.807, 2.05) is 6.07 Å². The molecule has 0 fully saturated rings. The summed E-state index contributed by atoms with van der Waals surface area (Å²) in [6.45, 7) is 0. The molecule has 0 unspecified atom stereocenters. The number of primary amides is 1. The number of nitrogens with zero attached hydrogens (tertiary/aromatic N) is 1. The minimum atomic E-state index is -0.513. The molecule has 0 aliphatic heterocycles. The Hall–Kier alpha value is -4.00. The van der Waals surface area contributed by atoms with Crippen LogP contribution in [0.4, 0.5) is 10.1 Å². The number of aromatic nitrogens is 2. The number of carbonyl (C=O) groups is 2. The third kappa shape index (κ3) is 3.98. The van der Waals surface area contributed by atoms with Gasteiger partial charge in [0.05, 0.1) is 17.6 Å². The predicted octanol–water partition coefficient (Wildman–Crippen LogP) is 3.65. The number of benzene rings is 3. The quantitative estimate of drug-likeness (QED) is 0.486. The van der Waals surface area contributed by atoms with Crippen molar-refractivity contribution in [3.8, 4) is 11.3 Å². The predicted molar refractivity (Wildman–Crippen MR) is 109 cm³/mol. The van der Waals surface area contributed by atoms with Crippen LogP contribution in [-0.2, 0) is 11.2 Å². The van der Waals surface area contributed by atoms with Crippen molar-refractivity contribution in [2.75, 3.05) is 5.32 Å². The minimum Gasteiger partial charge on any atom is -0.366 e. The molecule has 2 amide bonds. The second kappa shape index (κ2) is 7.55. The van der Waals surface area contributed by atoms with Gasteiger partial charge in [0, 0.05) is 22.2 Å². The molecule has 29 heavy (non-hydrogen) atoms. The highest BCUT2D eigenvalue weighted by atomic mass is 19.1. The molecule has 0 atom stereocenters. The van der Waals surface area contributed by atoms with E-state index in [0.717, 1.165) is 22.0 Å². The van der Waals surface area contributed by atoms with Crippen molar-refractivity contribution in [1.82, 2.24) is 10.2 Å². The lowest BCUT2D eigenvalue weighted by molar-refractivity contribution is -0.115. The fourth-order valence-corrected chi connectivity index (χ4v) is 3.12. The summed E-state index contributed by atoms with van der Waals surface area (Å²) in [5.74, 6) is -1.06. The summed E-state index contributed by atoms with van der Waals surface area (Å²) in [5, 5.41) is 10.9. The second-order valence-electron chi connectivity index (χ2n) is 6.63. The first kappa shape index (κ1) is 18.4. The van der Waals surface area contributed by atoms with E-state index in [4.69, 9.17) is 5.73 Å². The molecule has 0 spiro atoms. The first-order valence-electron chi connectivity index (χ1n) is 8.92. The van der Waals surface area contributed by atoms with Gasteiger partial charge in [-0.15, -0.1) is 0 Å². The maximum Gasteiger partial charge on any atom is 0.248 e. The number of hydrogen-bond acceptors (Lipinski definition) is 3. The van der Waals surface area contributed by atoms with Gasteiger partial charge in [0.1, 0.15) is 5.82 Å². The fraction of sp³-hybridized carbons (Fsp3) is 0.0455. The van der Waals surface area contributed by atoms with Gasteiger partial charge < -0.3 is 11.1 Å². The molecule has 144 valence electrons. The highest BCUT2D eigenvalue weighted by Gasteiger charge is 2.12. The zero-order chi connectivity index (χ0) is 20.4. The molecule has 1 aromatic heterocycles. The van der Waals surface area contributed by atoms with Crippen molar-refractivity contribution in [2.45, 2.75) is 6.42 Å². The summed E-state index contributed by atoms with van der Waals surface area (Å²) in [4.78, 5) is 23.8. The summed E-state index contributed by atoms with van der Waals surface area (Å²) in [6, 6.07) is 18.1. The Morgan fingerprint density at radius 1 is 1.03 bits per heavy atom. The normalized spacial score (nSPS) is 10.8.